The Kier molecular flexibility index (Phi) is 5.04. The first kappa shape index (κ1) is 16.0. The number of hydrogen-bond acceptors (Lipinski definition) is 3. The fraction of sp³-hybridized carbons (Fsp3) is 0.500. The van der Waals surface area contributed by atoms with Gasteiger partial charge in [-0.3, -0.25) is 9.59 Å². The largest absolute Gasteiger partial charge is 0.466 e. The Morgan fingerprint density at radius 3 is 2.76 bits per heavy atom. The summed E-state index contributed by atoms with van der Waals surface area (Å²) < 4.78 is 5.92. The van der Waals surface area contributed by atoms with Crippen LogP contribution < -0.4 is 0 Å². The molecule has 0 N–H and O–H groups in total. The molecule has 1 heterocycles. The molecule has 0 spiro atoms. The molecule has 0 fully saturated rings. The second-order valence-corrected chi connectivity index (χ2v) is 6.52. The van der Waals surface area contributed by atoms with Gasteiger partial charge in [-0.05, 0) is 30.5 Å². The van der Waals surface area contributed by atoms with E-state index in [2.05, 4.69) is 29.8 Å². The summed E-state index contributed by atoms with van der Waals surface area (Å²) >= 11 is 3.40. The molecule has 1 unspecified atom stereocenters. The maximum absolute atomic E-state index is 12.6. The molecule has 0 aliphatic carbocycles. The van der Waals surface area contributed by atoms with Gasteiger partial charge in [0, 0.05) is 16.6 Å². The SMILES string of the molecule is CCOC(=O)CC1c2ccc(Br)cc2C(=O)N1CC(C)C. The third-order valence-corrected chi connectivity index (χ3v) is 3.96. The number of hydrogen-bond donors (Lipinski definition) is 0. The van der Waals surface area contributed by atoms with Crippen LogP contribution in [0.2, 0.25) is 0 Å². The number of amides is 1. The van der Waals surface area contributed by atoms with Gasteiger partial charge in [0.05, 0.1) is 19.1 Å². The molecule has 21 heavy (non-hydrogen) atoms. The van der Waals surface area contributed by atoms with Crippen LogP contribution in [-0.2, 0) is 9.53 Å². The molecule has 0 aromatic heterocycles. The third kappa shape index (κ3) is 3.46. The monoisotopic (exact) mass is 353 g/mol. The predicted octanol–water partition coefficient (Wildman–Crippen LogP) is 3.56. The van der Waals surface area contributed by atoms with Crippen LogP contribution in [0.5, 0.6) is 0 Å². The number of carbonyl (C=O) groups is 2. The third-order valence-electron chi connectivity index (χ3n) is 3.47. The first-order valence-electron chi connectivity index (χ1n) is 7.20. The molecule has 1 aliphatic rings. The molecule has 2 rings (SSSR count). The van der Waals surface area contributed by atoms with Gasteiger partial charge in [-0.15, -0.1) is 0 Å². The lowest BCUT2D eigenvalue weighted by Crippen LogP contribution is -2.33. The van der Waals surface area contributed by atoms with E-state index in [1.165, 1.54) is 0 Å². The molecule has 1 atom stereocenters. The zero-order valence-corrected chi connectivity index (χ0v) is 14.1. The van der Waals surface area contributed by atoms with E-state index in [4.69, 9.17) is 4.74 Å². The lowest BCUT2D eigenvalue weighted by molar-refractivity contribution is -0.144. The molecule has 0 saturated carbocycles. The van der Waals surface area contributed by atoms with E-state index in [-0.39, 0.29) is 24.3 Å². The fourth-order valence-electron chi connectivity index (χ4n) is 2.67. The van der Waals surface area contributed by atoms with E-state index in [1.54, 1.807) is 11.8 Å². The molecule has 4 nitrogen and oxygen atoms in total. The molecule has 114 valence electrons. The number of halogens is 1. The van der Waals surface area contributed by atoms with Crippen LogP contribution in [0.3, 0.4) is 0 Å². The molecule has 1 amide bonds. The zero-order chi connectivity index (χ0) is 15.6. The summed E-state index contributed by atoms with van der Waals surface area (Å²) in [4.78, 5) is 26.2. The molecule has 0 bridgehead atoms. The van der Waals surface area contributed by atoms with E-state index in [0.29, 0.717) is 24.6 Å². The molecular formula is C16H20BrNO3. The van der Waals surface area contributed by atoms with Crippen LogP contribution in [0.25, 0.3) is 0 Å². The molecule has 5 heteroatoms. The summed E-state index contributed by atoms with van der Waals surface area (Å²) in [6, 6.07) is 5.43. The van der Waals surface area contributed by atoms with Crippen LogP contribution in [0.4, 0.5) is 0 Å². The predicted molar refractivity (Wildman–Crippen MR) is 84.0 cm³/mol. The maximum atomic E-state index is 12.6. The summed E-state index contributed by atoms with van der Waals surface area (Å²) in [5.41, 5.74) is 1.59. The second-order valence-electron chi connectivity index (χ2n) is 5.61. The average molecular weight is 354 g/mol. The summed E-state index contributed by atoms with van der Waals surface area (Å²) in [7, 11) is 0. The number of benzene rings is 1. The van der Waals surface area contributed by atoms with E-state index < -0.39 is 0 Å². The lowest BCUT2D eigenvalue weighted by atomic mass is 10.0. The summed E-state index contributed by atoms with van der Waals surface area (Å²) in [5, 5.41) is 0. The minimum Gasteiger partial charge on any atom is -0.466 e. The van der Waals surface area contributed by atoms with Gasteiger partial charge < -0.3 is 9.64 Å². The van der Waals surface area contributed by atoms with E-state index in [9.17, 15) is 9.59 Å². The minimum atomic E-state index is -0.264. The van der Waals surface area contributed by atoms with Gasteiger partial charge in [-0.1, -0.05) is 35.8 Å². The van der Waals surface area contributed by atoms with Gasteiger partial charge in [0.2, 0.25) is 0 Å². The van der Waals surface area contributed by atoms with Crippen LogP contribution >= 0.6 is 15.9 Å². The number of rotatable bonds is 5. The van der Waals surface area contributed by atoms with Gasteiger partial charge in [0.1, 0.15) is 0 Å². The fourth-order valence-corrected chi connectivity index (χ4v) is 3.03. The Balaban J connectivity index is 2.33. The molecule has 1 aromatic carbocycles. The molecular weight excluding hydrogens is 334 g/mol. The highest BCUT2D eigenvalue weighted by molar-refractivity contribution is 9.10. The van der Waals surface area contributed by atoms with Crippen molar-refractivity contribution in [3.63, 3.8) is 0 Å². The normalized spacial score (nSPS) is 17.3. The first-order chi connectivity index (χ1) is 9.93. The highest BCUT2D eigenvalue weighted by atomic mass is 79.9. The quantitative estimate of drug-likeness (QED) is 0.760. The Labute approximate surface area is 133 Å². The van der Waals surface area contributed by atoms with E-state index in [1.807, 2.05) is 18.2 Å². The van der Waals surface area contributed by atoms with E-state index in [0.717, 1.165) is 10.0 Å². The van der Waals surface area contributed by atoms with Crippen molar-refractivity contribution < 1.29 is 14.3 Å². The van der Waals surface area contributed by atoms with Crippen molar-refractivity contribution in [1.29, 1.82) is 0 Å². The number of ether oxygens (including phenoxy) is 1. The van der Waals surface area contributed by atoms with E-state index >= 15 is 0 Å². The molecule has 1 aliphatic heterocycles. The number of nitrogens with zero attached hydrogens (tertiary/aromatic N) is 1. The highest BCUT2D eigenvalue weighted by Crippen LogP contribution is 2.37. The Morgan fingerprint density at radius 2 is 2.14 bits per heavy atom. The van der Waals surface area contributed by atoms with Crippen LogP contribution in [-0.4, -0.2) is 29.9 Å². The highest BCUT2D eigenvalue weighted by Gasteiger charge is 2.38. The van der Waals surface area contributed by atoms with Crippen molar-refractivity contribution in [2.24, 2.45) is 5.92 Å². The molecule has 1 aromatic rings. The van der Waals surface area contributed by atoms with Crippen molar-refractivity contribution in [2.75, 3.05) is 13.2 Å². The van der Waals surface area contributed by atoms with Crippen molar-refractivity contribution in [2.45, 2.75) is 33.2 Å². The van der Waals surface area contributed by atoms with Gasteiger partial charge >= 0.3 is 5.97 Å². The molecule has 0 radical (unpaired) electrons. The second kappa shape index (κ2) is 6.60. The Morgan fingerprint density at radius 1 is 1.43 bits per heavy atom. The van der Waals surface area contributed by atoms with Crippen molar-refractivity contribution in [1.82, 2.24) is 4.90 Å². The average Bonchev–Trinajstić information content (AvgIpc) is 2.64. The summed E-state index contributed by atoms with van der Waals surface area (Å²) in [6.45, 7) is 6.90. The number of fused-ring (bicyclic) bond motifs is 1. The lowest BCUT2D eigenvalue weighted by Gasteiger charge is -2.26. The standard InChI is InChI=1S/C16H20BrNO3/c1-4-21-15(19)8-14-12-6-5-11(17)7-13(12)16(20)18(14)9-10(2)3/h5-7,10,14H,4,8-9H2,1-3H3. The maximum Gasteiger partial charge on any atom is 0.308 e. The van der Waals surface area contributed by atoms with Crippen LogP contribution in [0.1, 0.15) is 49.2 Å². The van der Waals surface area contributed by atoms with Gasteiger partial charge in [0.15, 0.2) is 0 Å². The summed E-state index contributed by atoms with van der Waals surface area (Å²) in [5.74, 6) is 0.0746. The van der Waals surface area contributed by atoms with Crippen molar-refractivity contribution in [3.8, 4) is 0 Å². The Bertz CT molecular complexity index is 556. The minimum absolute atomic E-state index is 0.00528. The first-order valence-corrected chi connectivity index (χ1v) is 7.99. The topological polar surface area (TPSA) is 46.6 Å². The van der Waals surface area contributed by atoms with Crippen LogP contribution in [0, 0.1) is 5.92 Å². The zero-order valence-electron chi connectivity index (χ0n) is 12.6. The summed E-state index contributed by atoms with van der Waals surface area (Å²) in [6.07, 6.45) is 0.209. The van der Waals surface area contributed by atoms with Crippen molar-refractivity contribution in [3.05, 3.63) is 33.8 Å². The number of esters is 1. The van der Waals surface area contributed by atoms with Gasteiger partial charge in [-0.2, -0.15) is 0 Å². The van der Waals surface area contributed by atoms with Crippen LogP contribution in [0.15, 0.2) is 22.7 Å². The molecule has 0 saturated heterocycles. The van der Waals surface area contributed by atoms with Gasteiger partial charge in [0.25, 0.3) is 5.91 Å². The van der Waals surface area contributed by atoms with Gasteiger partial charge in [-0.25, -0.2) is 0 Å². The smallest absolute Gasteiger partial charge is 0.308 e. The number of carbonyl (C=O) groups excluding carboxylic acids is 2. The van der Waals surface area contributed by atoms with Crippen molar-refractivity contribution >= 4 is 27.8 Å². The Hall–Kier alpha value is -1.36.